The summed E-state index contributed by atoms with van der Waals surface area (Å²) in [4.78, 5) is 12.0. The van der Waals surface area contributed by atoms with E-state index in [-0.39, 0.29) is 10.6 Å². The monoisotopic (exact) mass is 424 g/mol. The zero-order valence-corrected chi connectivity index (χ0v) is 16.6. The molecular formula is C20H22F2N2O4S. The van der Waals surface area contributed by atoms with Gasteiger partial charge in [0.05, 0.1) is 4.90 Å². The highest BCUT2D eigenvalue weighted by Gasteiger charge is 2.25. The van der Waals surface area contributed by atoms with E-state index in [0.717, 1.165) is 37.8 Å². The molecule has 1 saturated heterocycles. The number of carbonyl (C=O) groups is 1. The summed E-state index contributed by atoms with van der Waals surface area (Å²) in [5, 5.41) is 2.12. The predicted molar refractivity (Wildman–Crippen MR) is 104 cm³/mol. The first kappa shape index (κ1) is 21.2. The number of para-hydroxylation sites is 1. The van der Waals surface area contributed by atoms with Crippen LogP contribution in [0.3, 0.4) is 0 Å². The summed E-state index contributed by atoms with van der Waals surface area (Å²) in [5.41, 5.74) is -0.542. The van der Waals surface area contributed by atoms with Gasteiger partial charge in [0.1, 0.15) is 23.1 Å². The number of ether oxygens (including phenoxy) is 1. The fraction of sp³-hybridized carbons (Fsp3) is 0.350. The van der Waals surface area contributed by atoms with Gasteiger partial charge in [-0.2, -0.15) is 4.31 Å². The van der Waals surface area contributed by atoms with Crippen LogP contribution in [0.25, 0.3) is 0 Å². The van der Waals surface area contributed by atoms with Crippen LogP contribution in [-0.4, -0.2) is 38.3 Å². The Kier molecular flexibility index (Phi) is 6.81. The van der Waals surface area contributed by atoms with Gasteiger partial charge in [-0.05, 0) is 49.2 Å². The van der Waals surface area contributed by atoms with Gasteiger partial charge in [0.15, 0.2) is 6.61 Å². The number of hydrogen-bond donors (Lipinski definition) is 1. The number of rotatable bonds is 6. The summed E-state index contributed by atoms with van der Waals surface area (Å²) in [5.74, 6) is -2.25. The Hall–Kier alpha value is -2.52. The number of benzene rings is 2. The first-order valence-electron chi connectivity index (χ1n) is 9.35. The van der Waals surface area contributed by atoms with Crippen molar-refractivity contribution in [1.29, 1.82) is 0 Å². The molecule has 0 atom stereocenters. The molecule has 2 aromatic carbocycles. The van der Waals surface area contributed by atoms with Gasteiger partial charge in [-0.15, -0.1) is 0 Å². The Morgan fingerprint density at radius 3 is 2.14 bits per heavy atom. The van der Waals surface area contributed by atoms with Gasteiger partial charge in [-0.25, -0.2) is 17.2 Å². The molecule has 156 valence electrons. The summed E-state index contributed by atoms with van der Waals surface area (Å²) < 4.78 is 59.4. The number of sulfonamides is 1. The number of nitrogens with one attached hydrogen (secondary N) is 1. The van der Waals surface area contributed by atoms with Gasteiger partial charge < -0.3 is 10.1 Å². The van der Waals surface area contributed by atoms with E-state index in [9.17, 15) is 22.0 Å². The number of nitrogens with zero attached hydrogens (tertiary/aromatic N) is 1. The van der Waals surface area contributed by atoms with Crippen LogP contribution in [-0.2, 0) is 14.8 Å². The molecule has 1 aliphatic rings. The molecule has 1 aliphatic heterocycles. The van der Waals surface area contributed by atoms with Crippen LogP contribution in [0.2, 0.25) is 0 Å². The van der Waals surface area contributed by atoms with Crippen molar-refractivity contribution < 1.29 is 26.7 Å². The van der Waals surface area contributed by atoms with Crippen molar-refractivity contribution in [2.45, 2.75) is 30.6 Å². The van der Waals surface area contributed by atoms with E-state index >= 15 is 0 Å². The zero-order valence-electron chi connectivity index (χ0n) is 15.7. The number of carbonyl (C=O) groups excluding carboxylic acids is 1. The van der Waals surface area contributed by atoms with Crippen LogP contribution >= 0.6 is 0 Å². The summed E-state index contributed by atoms with van der Waals surface area (Å²) in [6, 6.07) is 8.99. The quantitative estimate of drug-likeness (QED) is 0.770. The molecule has 0 radical (unpaired) electrons. The maximum Gasteiger partial charge on any atom is 0.262 e. The standard InChI is InChI=1S/C20H22F2N2O4S/c21-17-6-5-7-18(22)20(17)23-19(25)14-28-15-8-10-16(11-9-15)29(26,27)24-12-3-1-2-4-13-24/h5-11H,1-4,12-14H2,(H,23,25). The average Bonchev–Trinajstić information content (AvgIpc) is 3.00. The first-order valence-corrected chi connectivity index (χ1v) is 10.8. The SMILES string of the molecule is O=C(COc1ccc(S(=O)(=O)N2CCCCCC2)cc1)Nc1c(F)cccc1F. The van der Waals surface area contributed by atoms with E-state index in [1.807, 2.05) is 0 Å². The van der Waals surface area contributed by atoms with Crippen LogP contribution in [0.1, 0.15) is 25.7 Å². The largest absolute Gasteiger partial charge is 0.484 e. The third-order valence-electron chi connectivity index (χ3n) is 4.62. The van der Waals surface area contributed by atoms with Crippen molar-refractivity contribution in [3.8, 4) is 5.75 Å². The Morgan fingerprint density at radius 2 is 1.55 bits per heavy atom. The Bertz CT molecular complexity index is 937. The summed E-state index contributed by atoms with van der Waals surface area (Å²) in [6.07, 6.45) is 3.74. The highest BCUT2D eigenvalue weighted by Crippen LogP contribution is 2.23. The lowest BCUT2D eigenvalue weighted by molar-refractivity contribution is -0.118. The second kappa shape index (κ2) is 9.32. The van der Waals surface area contributed by atoms with Crippen molar-refractivity contribution in [2.75, 3.05) is 25.0 Å². The lowest BCUT2D eigenvalue weighted by atomic mass is 10.2. The molecule has 1 N–H and O–H groups in total. The molecule has 2 aromatic rings. The van der Waals surface area contributed by atoms with Crippen LogP contribution in [0.15, 0.2) is 47.4 Å². The molecule has 6 nitrogen and oxygen atoms in total. The third kappa shape index (κ3) is 5.30. The Balaban J connectivity index is 1.59. The normalized spacial score (nSPS) is 15.5. The van der Waals surface area contributed by atoms with E-state index < -0.39 is 39.9 Å². The van der Waals surface area contributed by atoms with Crippen molar-refractivity contribution in [3.05, 3.63) is 54.1 Å². The van der Waals surface area contributed by atoms with Gasteiger partial charge in [-0.1, -0.05) is 18.9 Å². The minimum Gasteiger partial charge on any atom is -0.484 e. The van der Waals surface area contributed by atoms with Crippen LogP contribution in [0, 0.1) is 11.6 Å². The van der Waals surface area contributed by atoms with Crippen molar-refractivity contribution in [1.82, 2.24) is 4.31 Å². The smallest absolute Gasteiger partial charge is 0.262 e. The van der Waals surface area contributed by atoms with E-state index in [0.29, 0.717) is 13.1 Å². The van der Waals surface area contributed by atoms with E-state index in [4.69, 9.17) is 4.74 Å². The van der Waals surface area contributed by atoms with E-state index in [1.165, 1.54) is 34.6 Å². The second-order valence-electron chi connectivity index (χ2n) is 6.72. The molecule has 29 heavy (non-hydrogen) atoms. The van der Waals surface area contributed by atoms with Gasteiger partial charge in [0.25, 0.3) is 5.91 Å². The molecule has 9 heteroatoms. The van der Waals surface area contributed by atoms with Gasteiger partial charge in [0.2, 0.25) is 10.0 Å². The molecule has 1 heterocycles. The fourth-order valence-electron chi connectivity index (χ4n) is 3.08. The summed E-state index contributed by atoms with van der Waals surface area (Å²) >= 11 is 0. The number of anilines is 1. The topological polar surface area (TPSA) is 75.7 Å². The lowest BCUT2D eigenvalue weighted by Gasteiger charge is -2.20. The van der Waals surface area contributed by atoms with Gasteiger partial charge in [0, 0.05) is 13.1 Å². The van der Waals surface area contributed by atoms with Crippen LogP contribution in [0.5, 0.6) is 5.75 Å². The van der Waals surface area contributed by atoms with Crippen LogP contribution in [0.4, 0.5) is 14.5 Å². The first-order chi connectivity index (χ1) is 13.9. The molecule has 0 saturated carbocycles. The molecule has 0 aromatic heterocycles. The molecule has 0 spiro atoms. The zero-order chi connectivity index (χ0) is 20.9. The number of hydrogen-bond acceptors (Lipinski definition) is 4. The lowest BCUT2D eigenvalue weighted by Crippen LogP contribution is -2.31. The van der Waals surface area contributed by atoms with Gasteiger partial charge in [-0.3, -0.25) is 4.79 Å². The predicted octanol–water partition coefficient (Wildman–Crippen LogP) is 3.55. The van der Waals surface area contributed by atoms with Crippen LogP contribution < -0.4 is 10.1 Å². The van der Waals surface area contributed by atoms with E-state index in [2.05, 4.69) is 5.32 Å². The highest BCUT2D eigenvalue weighted by molar-refractivity contribution is 7.89. The molecule has 1 fully saturated rings. The fourth-order valence-corrected chi connectivity index (χ4v) is 4.60. The molecular weight excluding hydrogens is 402 g/mol. The maximum atomic E-state index is 13.6. The van der Waals surface area contributed by atoms with Gasteiger partial charge >= 0.3 is 0 Å². The maximum absolute atomic E-state index is 13.6. The van der Waals surface area contributed by atoms with Crippen molar-refractivity contribution in [3.63, 3.8) is 0 Å². The number of amides is 1. The minimum absolute atomic E-state index is 0.157. The molecule has 0 bridgehead atoms. The minimum atomic E-state index is -3.57. The second-order valence-corrected chi connectivity index (χ2v) is 8.66. The molecule has 0 aliphatic carbocycles. The van der Waals surface area contributed by atoms with Crippen molar-refractivity contribution in [2.24, 2.45) is 0 Å². The summed E-state index contributed by atoms with van der Waals surface area (Å²) in [7, 11) is -3.57. The Labute approximate surface area is 168 Å². The number of halogens is 2. The third-order valence-corrected chi connectivity index (χ3v) is 6.54. The molecule has 0 unspecified atom stereocenters. The Morgan fingerprint density at radius 1 is 0.966 bits per heavy atom. The molecule has 3 rings (SSSR count). The molecule has 1 amide bonds. The average molecular weight is 424 g/mol. The van der Waals surface area contributed by atoms with E-state index in [1.54, 1.807) is 0 Å². The van der Waals surface area contributed by atoms with Crippen molar-refractivity contribution >= 4 is 21.6 Å². The highest BCUT2D eigenvalue weighted by atomic mass is 32.2. The summed E-state index contributed by atoms with van der Waals surface area (Å²) in [6.45, 7) is 0.534.